The topological polar surface area (TPSA) is 54.0 Å². The first-order valence-electron chi connectivity index (χ1n) is 5.95. The van der Waals surface area contributed by atoms with Gasteiger partial charge >= 0.3 is 0 Å². The van der Waals surface area contributed by atoms with E-state index < -0.39 is 0 Å². The van der Waals surface area contributed by atoms with Crippen molar-refractivity contribution in [1.29, 1.82) is 0 Å². The number of hydrogen-bond donors (Lipinski definition) is 2. The summed E-state index contributed by atoms with van der Waals surface area (Å²) in [5.41, 5.74) is 1.93. The molecule has 1 aromatic carbocycles. The standard InChI is InChI=1S/C14H14ClN3O/c1-2-17-13-9-16-7-6-12(13)14(19)18-11-5-3-4-10(15)8-11/h3-9,17H,2H2,1H3,(H,18,19). The number of rotatable bonds is 4. The fourth-order valence-corrected chi connectivity index (χ4v) is 1.88. The second-order valence-electron chi connectivity index (χ2n) is 3.92. The molecule has 0 aliphatic rings. The normalized spacial score (nSPS) is 10.0. The van der Waals surface area contributed by atoms with Gasteiger partial charge < -0.3 is 10.6 Å². The first-order chi connectivity index (χ1) is 9.20. The zero-order chi connectivity index (χ0) is 13.7. The number of carbonyl (C=O) groups excluding carboxylic acids is 1. The molecule has 0 bridgehead atoms. The Kier molecular flexibility index (Phi) is 4.36. The molecule has 5 heteroatoms. The van der Waals surface area contributed by atoms with Gasteiger partial charge in [-0.15, -0.1) is 0 Å². The van der Waals surface area contributed by atoms with Crippen LogP contribution < -0.4 is 10.6 Å². The zero-order valence-electron chi connectivity index (χ0n) is 10.5. The van der Waals surface area contributed by atoms with Crippen molar-refractivity contribution >= 4 is 28.9 Å². The SMILES string of the molecule is CCNc1cnccc1C(=O)Nc1cccc(Cl)c1. The Hall–Kier alpha value is -2.07. The van der Waals surface area contributed by atoms with Crippen LogP contribution in [0.5, 0.6) is 0 Å². The van der Waals surface area contributed by atoms with Gasteiger partial charge in [0.25, 0.3) is 5.91 Å². The van der Waals surface area contributed by atoms with E-state index in [1.807, 2.05) is 6.92 Å². The van der Waals surface area contributed by atoms with E-state index in [1.165, 1.54) is 0 Å². The van der Waals surface area contributed by atoms with Gasteiger partial charge in [-0.3, -0.25) is 9.78 Å². The molecule has 4 nitrogen and oxygen atoms in total. The summed E-state index contributed by atoms with van der Waals surface area (Å²) in [6, 6.07) is 8.72. The molecule has 19 heavy (non-hydrogen) atoms. The van der Waals surface area contributed by atoms with Crippen LogP contribution >= 0.6 is 11.6 Å². The molecule has 0 radical (unpaired) electrons. The number of aromatic nitrogens is 1. The lowest BCUT2D eigenvalue weighted by molar-refractivity contribution is 0.102. The molecule has 0 saturated carbocycles. The Morgan fingerprint density at radius 1 is 1.37 bits per heavy atom. The highest BCUT2D eigenvalue weighted by molar-refractivity contribution is 6.31. The Morgan fingerprint density at radius 2 is 2.21 bits per heavy atom. The Morgan fingerprint density at radius 3 is 2.95 bits per heavy atom. The van der Waals surface area contributed by atoms with Crippen molar-refractivity contribution in [3.8, 4) is 0 Å². The minimum atomic E-state index is -0.194. The molecule has 0 spiro atoms. The summed E-state index contributed by atoms with van der Waals surface area (Å²) in [5.74, 6) is -0.194. The van der Waals surface area contributed by atoms with Crippen LogP contribution in [0.1, 0.15) is 17.3 Å². The van der Waals surface area contributed by atoms with E-state index in [4.69, 9.17) is 11.6 Å². The summed E-state index contributed by atoms with van der Waals surface area (Å²) in [6.45, 7) is 2.69. The Labute approximate surface area is 116 Å². The molecule has 1 aromatic heterocycles. The van der Waals surface area contributed by atoms with Crippen molar-refractivity contribution in [2.24, 2.45) is 0 Å². The minimum absolute atomic E-state index is 0.194. The van der Waals surface area contributed by atoms with Gasteiger partial charge in [-0.25, -0.2) is 0 Å². The van der Waals surface area contributed by atoms with E-state index in [0.29, 0.717) is 22.0 Å². The number of nitrogens with one attached hydrogen (secondary N) is 2. The number of benzene rings is 1. The average Bonchev–Trinajstić information content (AvgIpc) is 2.39. The molecule has 1 amide bonds. The predicted molar refractivity (Wildman–Crippen MR) is 77.8 cm³/mol. The van der Waals surface area contributed by atoms with Crippen LogP contribution in [0.25, 0.3) is 0 Å². The van der Waals surface area contributed by atoms with E-state index in [9.17, 15) is 4.79 Å². The maximum atomic E-state index is 12.2. The highest BCUT2D eigenvalue weighted by atomic mass is 35.5. The van der Waals surface area contributed by atoms with Crippen molar-refractivity contribution in [2.75, 3.05) is 17.2 Å². The van der Waals surface area contributed by atoms with Gasteiger partial charge in [-0.2, -0.15) is 0 Å². The molecule has 1 heterocycles. The van der Waals surface area contributed by atoms with Crippen molar-refractivity contribution in [2.45, 2.75) is 6.92 Å². The van der Waals surface area contributed by atoms with Gasteiger partial charge in [0.1, 0.15) is 0 Å². The highest BCUT2D eigenvalue weighted by Gasteiger charge is 2.11. The molecule has 0 atom stereocenters. The van der Waals surface area contributed by atoms with Crippen LogP contribution in [0, 0.1) is 0 Å². The molecule has 98 valence electrons. The number of anilines is 2. The predicted octanol–water partition coefficient (Wildman–Crippen LogP) is 3.42. The lowest BCUT2D eigenvalue weighted by atomic mass is 10.2. The number of halogens is 1. The van der Waals surface area contributed by atoms with E-state index in [2.05, 4.69) is 15.6 Å². The maximum Gasteiger partial charge on any atom is 0.257 e. The molecule has 2 N–H and O–H groups in total. The summed E-state index contributed by atoms with van der Waals surface area (Å²) in [7, 11) is 0. The molecule has 2 rings (SSSR count). The monoisotopic (exact) mass is 275 g/mol. The Bertz CT molecular complexity index is 586. The number of carbonyl (C=O) groups is 1. The third-order valence-electron chi connectivity index (χ3n) is 2.52. The van der Waals surface area contributed by atoms with Gasteiger partial charge in [0, 0.05) is 23.5 Å². The van der Waals surface area contributed by atoms with E-state index in [1.54, 1.807) is 42.7 Å². The van der Waals surface area contributed by atoms with Crippen LogP contribution in [-0.4, -0.2) is 17.4 Å². The third-order valence-corrected chi connectivity index (χ3v) is 2.75. The van der Waals surface area contributed by atoms with Gasteiger partial charge in [0.2, 0.25) is 0 Å². The lowest BCUT2D eigenvalue weighted by Gasteiger charge is -2.10. The van der Waals surface area contributed by atoms with Crippen LogP contribution in [0.3, 0.4) is 0 Å². The van der Waals surface area contributed by atoms with Crippen LogP contribution in [0.2, 0.25) is 5.02 Å². The first kappa shape index (κ1) is 13.4. The average molecular weight is 276 g/mol. The number of amides is 1. The Balaban J connectivity index is 2.20. The molecular formula is C14H14ClN3O. The van der Waals surface area contributed by atoms with Gasteiger partial charge in [-0.1, -0.05) is 17.7 Å². The molecule has 0 saturated heterocycles. The second-order valence-corrected chi connectivity index (χ2v) is 4.35. The fraction of sp³-hybridized carbons (Fsp3) is 0.143. The molecule has 0 aliphatic carbocycles. The summed E-state index contributed by atoms with van der Waals surface area (Å²) >= 11 is 5.88. The number of hydrogen-bond acceptors (Lipinski definition) is 3. The summed E-state index contributed by atoms with van der Waals surface area (Å²) in [5, 5.41) is 6.49. The quantitative estimate of drug-likeness (QED) is 0.899. The molecule has 0 aliphatic heterocycles. The largest absolute Gasteiger partial charge is 0.383 e. The second kappa shape index (κ2) is 6.20. The maximum absolute atomic E-state index is 12.2. The highest BCUT2D eigenvalue weighted by Crippen LogP contribution is 2.18. The van der Waals surface area contributed by atoms with Crippen LogP contribution in [0.4, 0.5) is 11.4 Å². The van der Waals surface area contributed by atoms with Crippen molar-refractivity contribution in [1.82, 2.24) is 4.98 Å². The molecule has 2 aromatic rings. The third kappa shape index (κ3) is 3.45. The van der Waals surface area contributed by atoms with E-state index in [0.717, 1.165) is 6.54 Å². The van der Waals surface area contributed by atoms with Crippen molar-refractivity contribution in [3.63, 3.8) is 0 Å². The summed E-state index contributed by atoms with van der Waals surface area (Å²) in [6.07, 6.45) is 3.23. The van der Waals surface area contributed by atoms with E-state index in [-0.39, 0.29) is 5.91 Å². The van der Waals surface area contributed by atoms with Crippen LogP contribution in [-0.2, 0) is 0 Å². The number of pyridine rings is 1. The zero-order valence-corrected chi connectivity index (χ0v) is 11.2. The summed E-state index contributed by atoms with van der Waals surface area (Å²) < 4.78 is 0. The molecular weight excluding hydrogens is 262 g/mol. The van der Waals surface area contributed by atoms with Crippen molar-refractivity contribution in [3.05, 3.63) is 53.3 Å². The first-order valence-corrected chi connectivity index (χ1v) is 6.33. The smallest absolute Gasteiger partial charge is 0.257 e. The summed E-state index contributed by atoms with van der Waals surface area (Å²) in [4.78, 5) is 16.2. The minimum Gasteiger partial charge on any atom is -0.383 e. The fourth-order valence-electron chi connectivity index (χ4n) is 1.69. The lowest BCUT2D eigenvalue weighted by Crippen LogP contribution is -2.15. The van der Waals surface area contributed by atoms with Gasteiger partial charge in [0.05, 0.1) is 17.4 Å². The van der Waals surface area contributed by atoms with Gasteiger partial charge in [-0.05, 0) is 31.2 Å². The molecule has 0 unspecified atom stereocenters. The van der Waals surface area contributed by atoms with Gasteiger partial charge in [0.15, 0.2) is 0 Å². The van der Waals surface area contributed by atoms with Crippen molar-refractivity contribution < 1.29 is 4.79 Å². The number of nitrogens with zero attached hydrogens (tertiary/aromatic N) is 1. The van der Waals surface area contributed by atoms with Crippen LogP contribution in [0.15, 0.2) is 42.7 Å². The van der Waals surface area contributed by atoms with E-state index >= 15 is 0 Å². The molecule has 0 fully saturated rings.